The normalized spacial score (nSPS) is 40.2. The second kappa shape index (κ2) is 5.47. The van der Waals surface area contributed by atoms with Gasteiger partial charge in [0.2, 0.25) is 0 Å². The lowest BCUT2D eigenvalue weighted by atomic mass is 9.77. The smallest absolute Gasteiger partial charge is 0.313 e. The van der Waals surface area contributed by atoms with Crippen LogP contribution in [0, 0.1) is 5.41 Å². The van der Waals surface area contributed by atoms with E-state index in [1.54, 1.807) is 0 Å². The summed E-state index contributed by atoms with van der Waals surface area (Å²) in [6.45, 7) is 0.328. The lowest BCUT2D eigenvalue weighted by molar-refractivity contribution is -0.254. The van der Waals surface area contributed by atoms with E-state index in [1.165, 1.54) is 6.92 Å². The lowest BCUT2D eigenvalue weighted by Gasteiger charge is -2.45. The van der Waals surface area contributed by atoms with Crippen LogP contribution < -0.4 is 5.73 Å². The Kier molecular flexibility index (Phi) is 4.65. The highest BCUT2D eigenvalue weighted by Gasteiger charge is 2.53. The molecule has 0 aromatic carbocycles. The van der Waals surface area contributed by atoms with E-state index in [0.717, 1.165) is 0 Å². The molecule has 1 aliphatic heterocycles. The van der Waals surface area contributed by atoms with Crippen LogP contribution >= 0.6 is 0 Å². The molecule has 0 unspecified atom stereocenters. The molecule has 1 heterocycles. The summed E-state index contributed by atoms with van der Waals surface area (Å²) in [6.07, 6.45) is -7.19. The number of aliphatic hydroxyl groups excluding tert-OH is 4. The van der Waals surface area contributed by atoms with Gasteiger partial charge in [-0.25, -0.2) is 0 Å². The van der Waals surface area contributed by atoms with Gasteiger partial charge in [0, 0.05) is 6.54 Å². The highest BCUT2D eigenvalue weighted by Crippen LogP contribution is 2.33. The van der Waals surface area contributed by atoms with Gasteiger partial charge in [-0.15, -0.1) is 0 Å². The van der Waals surface area contributed by atoms with Crippen LogP contribution in [0.1, 0.15) is 6.92 Å². The highest BCUT2D eigenvalue weighted by molar-refractivity contribution is 5.75. The van der Waals surface area contributed by atoms with E-state index in [9.17, 15) is 20.1 Å². The average molecular weight is 265 g/mol. The van der Waals surface area contributed by atoms with E-state index < -0.39 is 48.5 Å². The molecule has 0 aromatic heterocycles. The van der Waals surface area contributed by atoms with Gasteiger partial charge in [0.1, 0.15) is 35.9 Å². The Morgan fingerprint density at radius 3 is 2.22 bits per heavy atom. The number of carboxylic acids is 1. The summed E-state index contributed by atoms with van der Waals surface area (Å²) in [7, 11) is 0. The summed E-state index contributed by atoms with van der Waals surface area (Å²) < 4.78 is 5.18. The number of carboxylic acid groups (broad SMARTS) is 1. The molecule has 0 aliphatic carbocycles. The van der Waals surface area contributed by atoms with Gasteiger partial charge in [0.15, 0.2) is 0 Å². The van der Waals surface area contributed by atoms with Crippen LogP contribution in [0.4, 0.5) is 0 Å². The molecule has 0 radical (unpaired) electrons. The maximum Gasteiger partial charge on any atom is 0.313 e. The molecule has 0 amide bonds. The summed E-state index contributed by atoms with van der Waals surface area (Å²) in [5.41, 5.74) is 3.76. The molecular formula is C10H19NO7. The second-order valence-electron chi connectivity index (χ2n) is 4.68. The van der Waals surface area contributed by atoms with Crippen molar-refractivity contribution in [3.8, 4) is 0 Å². The Bertz CT molecular complexity index is 311. The van der Waals surface area contributed by atoms with E-state index in [1.807, 2.05) is 0 Å². The number of rotatable bonds is 4. The fraction of sp³-hybridized carbons (Fsp3) is 0.900. The van der Waals surface area contributed by atoms with E-state index >= 15 is 0 Å². The van der Waals surface area contributed by atoms with Gasteiger partial charge >= 0.3 is 5.97 Å². The zero-order chi connectivity index (χ0) is 14.1. The third kappa shape index (κ3) is 2.35. The molecule has 7 N–H and O–H groups in total. The first-order valence-corrected chi connectivity index (χ1v) is 5.53. The minimum atomic E-state index is -1.63. The summed E-state index contributed by atoms with van der Waals surface area (Å²) in [5.74, 6) is -1.30. The number of aliphatic carboxylic acids is 1. The molecule has 0 spiro atoms. The topological polar surface area (TPSA) is 153 Å². The average Bonchev–Trinajstić information content (AvgIpc) is 2.35. The molecule has 1 saturated heterocycles. The summed E-state index contributed by atoms with van der Waals surface area (Å²) >= 11 is 0. The van der Waals surface area contributed by atoms with Crippen LogP contribution in [-0.4, -0.2) is 75.2 Å². The van der Waals surface area contributed by atoms with E-state index in [2.05, 4.69) is 0 Å². The Hall–Kier alpha value is -0.770. The maximum absolute atomic E-state index is 11.2. The fourth-order valence-corrected chi connectivity index (χ4v) is 1.95. The number of carbonyl (C=O) groups is 1. The first kappa shape index (κ1) is 15.3. The Morgan fingerprint density at radius 2 is 1.83 bits per heavy atom. The van der Waals surface area contributed by atoms with Crippen molar-refractivity contribution in [2.45, 2.75) is 37.4 Å². The molecule has 0 bridgehead atoms. The molecule has 0 aromatic rings. The molecule has 6 atom stereocenters. The van der Waals surface area contributed by atoms with Gasteiger partial charge in [-0.1, -0.05) is 0 Å². The third-order valence-electron chi connectivity index (χ3n) is 3.43. The minimum absolute atomic E-state index is 0.328. The molecular weight excluding hydrogens is 246 g/mol. The van der Waals surface area contributed by atoms with Crippen LogP contribution in [0.5, 0.6) is 0 Å². The molecule has 1 rings (SSSR count). The largest absolute Gasteiger partial charge is 0.481 e. The van der Waals surface area contributed by atoms with Crippen LogP contribution in [0.15, 0.2) is 0 Å². The minimum Gasteiger partial charge on any atom is -0.481 e. The van der Waals surface area contributed by atoms with Gasteiger partial charge < -0.3 is 36.0 Å². The van der Waals surface area contributed by atoms with Crippen molar-refractivity contribution in [1.29, 1.82) is 0 Å². The van der Waals surface area contributed by atoms with Gasteiger partial charge in [0.25, 0.3) is 0 Å². The van der Waals surface area contributed by atoms with Crippen molar-refractivity contribution in [1.82, 2.24) is 0 Å². The first-order valence-electron chi connectivity index (χ1n) is 5.53. The molecule has 1 aliphatic rings. The number of hydrogen-bond acceptors (Lipinski definition) is 7. The summed E-state index contributed by atoms with van der Waals surface area (Å²) in [6, 6.07) is 0. The molecule has 18 heavy (non-hydrogen) atoms. The third-order valence-corrected chi connectivity index (χ3v) is 3.43. The van der Waals surface area contributed by atoms with Crippen molar-refractivity contribution in [2.75, 3.05) is 13.2 Å². The van der Waals surface area contributed by atoms with Gasteiger partial charge in [0.05, 0.1) is 6.61 Å². The predicted octanol–water partition coefficient (Wildman–Crippen LogP) is -3.12. The molecule has 1 fully saturated rings. The fourth-order valence-electron chi connectivity index (χ4n) is 1.95. The van der Waals surface area contributed by atoms with Crippen LogP contribution in [0.25, 0.3) is 0 Å². The van der Waals surface area contributed by atoms with Crippen molar-refractivity contribution < 1.29 is 35.1 Å². The Balaban J connectivity index is 3.04. The molecule has 8 heteroatoms. The maximum atomic E-state index is 11.2. The predicted molar refractivity (Wildman–Crippen MR) is 58.6 cm³/mol. The van der Waals surface area contributed by atoms with E-state index in [4.69, 9.17) is 20.7 Å². The number of aliphatic hydroxyl groups is 4. The van der Waals surface area contributed by atoms with Crippen molar-refractivity contribution in [3.05, 3.63) is 0 Å². The van der Waals surface area contributed by atoms with Gasteiger partial charge in [-0.2, -0.15) is 0 Å². The zero-order valence-corrected chi connectivity index (χ0v) is 9.93. The van der Waals surface area contributed by atoms with Crippen molar-refractivity contribution in [3.63, 3.8) is 0 Å². The van der Waals surface area contributed by atoms with E-state index in [-0.39, 0.29) is 6.54 Å². The van der Waals surface area contributed by atoms with Crippen LogP contribution in [-0.2, 0) is 9.53 Å². The SMILES string of the molecule is C[C@@](CN)(C(=O)O)[C@@H]1O[C@H](CO)[C@@H](O)[C@H](O)[C@H]1O. The zero-order valence-electron chi connectivity index (χ0n) is 9.93. The molecule has 0 saturated carbocycles. The number of hydrogen-bond donors (Lipinski definition) is 6. The van der Waals surface area contributed by atoms with E-state index in [0.29, 0.717) is 0 Å². The van der Waals surface area contributed by atoms with Crippen LogP contribution in [0.3, 0.4) is 0 Å². The molecule has 106 valence electrons. The van der Waals surface area contributed by atoms with Crippen molar-refractivity contribution in [2.24, 2.45) is 11.1 Å². The number of nitrogens with two attached hydrogens (primary N) is 1. The quantitative estimate of drug-likeness (QED) is 0.312. The van der Waals surface area contributed by atoms with Crippen molar-refractivity contribution >= 4 is 5.97 Å². The Morgan fingerprint density at radius 1 is 1.28 bits per heavy atom. The molecule has 8 nitrogen and oxygen atoms in total. The van der Waals surface area contributed by atoms with Crippen LogP contribution in [0.2, 0.25) is 0 Å². The number of ether oxygens (including phenoxy) is 1. The standard InChI is InChI=1S/C10H19NO7/c1-10(3-11,9(16)17)8-7(15)6(14)5(13)4(2-12)18-8/h4-8,12-15H,2-3,11H2,1H3,(H,16,17)/t4-,5-,6+,7-,8-,10+/m1/s1. The Labute approximate surface area is 104 Å². The lowest BCUT2D eigenvalue weighted by Crippen LogP contribution is -2.65. The summed E-state index contributed by atoms with van der Waals surface area (Å²) in [5, 5.41) is 47.1. The highest BCUT2D eigenvalue weighted by atomic mass is 16.5. The monoisotopic (exact) mass is 265 g/mol. The van der Waals surface area contributed by atoms with Gasteiger partial charge in [-0.05, 0) is 6.92 Å². The van der Waals surface area contributed by atoms with Gasteiger partial charge in [-0.3, -0.25) is 4.79 Å². The second-order valence-corrected chi connectivity index (χ2v) is 4.68. The summed E-state index contributed by atoms with van der Waals surface area (Å²) in [4.78, 5) is 11.2. The first-order chi connectivity index (χ1) is 8.29.